The highest BCUT2D eigenvalue weighted by molar-refractivity contribution is 7.09. The minimum atomic E-state index is -0.825. The van der Waals surface area contributed by atoms with Gasteiger partial charge in [0.1, 0.15) is 5.56 Å². The third kappa shape index (κ3) is 3.08. The summed E-state index contributed by atoms with van der Waals surface area (Å²) in [5, 5.41) is 4.15. The van der Waals surface area contributed by atoms with Crippen LogP contribution in [-0.4, -0.2) is 35.4 Å². The Morgan fingerprint density at radius 1 is 1.26 bits per heavy atom. The maximum Gasteiger partial charge on any atom is 0.328 e. The summed E-state index contributed by atoms with van der Waals surface area (Å²) in [6.45, 7) is 0.0429. The van der Waals surface area contributed by atoms with E-state index in [9.17, 15) is 19.2 Å². The van der Waals surface area contributed by atoms with Crippen LogP contribution in [0.5, 0.6) is 0 Å². The van der Waals surface area contributed by atoms with Crippen molar-refractivity contribution in [3.8, 4) is 0 Å². The second kappa shape index (κ2) is 6.49. The molecule has 12 heteroatoms. The zero-order valence-corrected chi connectivity index (χ0v) is 14.3. The maximum atomic E-state index is 12.6. The Kier molecular flexibility index (Phi) is 4.01. The van der Waals surface area contributed by atoms with E-state index in [1.165, 1.54) is 17.7 Å². The number of imidazole rings is 1. The summed E-state index contributed by atoms with van der Waals surface area (Å²) in [7, 11) is 0. The Hall–Kier alpha value is -3.80. The molecule has 0 spiro atoms. The average Bonchev–Trinajstić information content (AvgIpc) is 3.30. The fourth-order valence-corrected chi connectivity index (χ4v) is 3.15. The number of aromatic nitrogens is 6. The molecule has 0 atom stereocenters. The van der Waals surface area contributed by atoms with Crippen molar-refractivity contribution in [1.82, 2.24) is 29.5 Å². The van der Waals surface area contributed by atoms with Crippen molar-refractivity contribution >= 4 is 34.4 Å². The van der Waals surface area contributed by atoms with Crippen molar-refractivity contribution < 1.29 is 4.79 Å². The van der Waals surface area contributed by atoms with E-state index in [1.807, 2.05) is 5.38 Å². The molecule has 11 nitrogen and oxygen atoms in total. The molecule has 0 fully saturated rings. The summed E-state index contributed by atoms with van der Waals surface area (Å²) in [4.78, 5) is 64.9. The van der Waals surface area contributed by atoms with Crippen molar-refractivity contribution in [2.45, 2.75) is 6.54 Å². The lowest BCUT2D eigenvalue weighted by molar-refractivity contribution is 0.102. The average molecular weight is 385 g/mol. The van der Waals surface area contributed by atoms with Crippen molar-refractivity contribution in [1.29, 1.82) is 0 Å². The minimum absolute atomic E-state index is 0.0429. The molecule has 0 aliphatic rings. The first-order valence-corrected chi connectivity index (χ1v) is 8.50. The molecule has 4 heterocycles. The molecule has 1 amide bonds. The molecular formula is C15H11N7O4S. The number of hydrogen-bond acceptors (Lipinski definition) is 7. The van der Waals surface area contributed by atoms with Crippen LogP contribution in [0.1, 0.15) is 15.2 Å². The first-order chi connectivity index (χ1) is 13.0. The van der Waals surface area contributed by atoms with Gasteiger partial charge in [0.2, 0.25) is 5.95 Å². The number of fused-ring (bicyclic) bond motifs is 1. The third-order valence-electron chi connectivity index (χ3n) is 3.73. The van der Waals surface area contributed by atoms with E-state index in [2.05, 4.69) is 30.2 Å². The van der Waals surface area contributed by atoms with Crippen LogP contribution in [0.2, 0.25) is 0 Å². The molecule has 0 bridgehead atoms. The van der Waals surface area contributed by atoms with Crippen LogP contribution >= 0.6 is 11.3 Å². The van der Waals surface area contributed by atoms with Gasteiger partial charge in [-0.1, -0.05) is 6.07 Å². The number of nitrogens with one attached hydrogen (secondary N) is 4. The second-order valence-electron chi connectivity index (χ2n) is 5.45. The molecule has 4 N–H and O–H groups in total. The Morgan fingerprint density at radius 3 is 2.89 bits per heavy atom. The smallest absolute Gasteiger partial charge is 0.328 e. The van der Waals surface area contributed by atoms with E-state index < -0.39 is 22.7 Å². The third-order valence-corrected chi connectivity index (χ3v) is 4.59. The topological polar surface area (TPSA) is 158 Å². The van der Waals surface area contributed by atoms with Gasteiger partial charge >= 0.3 is 5.69 Å². The summed E-state index contributed by atoms with van der Waals surface area (Å²) in [5.74, 6) is -0.991. The molecule has 0 unspecified atom stereocenters. The van der Waals surface area contributed by atoms with Gasteiger partial charge in [-0.3, -0.25) is 29.3 Å². The number of aromatic amines is 3. The Labute approximate surface area is 152 Å². The lowest BCUT2D eigenvalue weighted by atomic mass is 10.3. The largest absolute Gasteiger partial charge is 0.339 e. The summed E-state index contributed by atoms with van der Waals surface area (Å²) in [6, 6.07) is 3.57. The predicted octanol–water partition coefficient (Wildman–Crippen LogP) is -0.142. The van der Waals surface area contributed by atoms with Gasteiger partial charge in [0.05, 0.1) is 12.9 Å². The van der Waals surface area contributed by atoms with Crippen LogP contribution in [0.25, 0.3) is 11.2 Å². The fourth-order valence-electron chi connectivity index (χ4n) is 2.45. The van der Waals surface area contributed by atoms with Gasteiger partial charge in [-0.15, -0.1) is 11.3 Å². The lowest BCUT2D eigenvalue weighted by Gasteiger charge is -2.07. The summed E-state index contributed by atoms with van der Waals surface area (Å²) in [6.07, 6.45) is 2.32. The number of thiophene rings is 1. The Balaban J connectivity index is 1.68. The van der Waals surface area contributed by atoms with Gasteiger partial charge in [-0.2, -0.15) is 4.98 Å². The summed E-state index contributed by atoms with van der Waals surface area (Å²) >= 11 is 1.38. The molecule has 0 aliphatic heterocycles. The van der Waals surface area contributed by atoms with E-state index in [1.54, 1.807) is 12.1 Å². The predicted molar refractivity (Wildman–Crippen MR) is 97.2 cm³/mol. The van der Waals surface area contributed by atoms with Crippen LogP contribution in [0, 0.1) is 0 Å². The number of anilines is 1. The minimum Gasteiger partial charge on any atom is -0.339 e. The first kappa shape index (κ1) is 16.7. The monoisotopic (exact) mass is 385 g/mol. The number of carbonyl (C=O) groups is 1. The summed E-state index contributed by atoms with van der Waals surface area (Å²) in [5.41, 5.74) is -1.93. The van der Waals surface area contributed by atoms with E-state index in [-0.39, 0.29) is 29.2 Å². The molecule has 0 aliphatic carbocycles. The van der Waals surface area contributed by atoms with Crippen molar-refractivity contribution in [3.63, 3.8) is 0 Å². The van der Waals surface area contributed by atoms with Gasteiger partial charge in [0.25, 0.3) is 17.0 Å². The van der Waals surface area contributed by atoms with Crippen molar-refractivity contribution in [2.75, 3.05) is 5.32 Å². The van der Waals surface area contributed by atoms with Gasteiger partial charge in [-0.05, 0) is 11.4 Å². The molecular weight excluding hydrogens is 374 g/mol. The van der Waals surface area contributed by atoms with Crippen molar-refractivity contribution in [2.24, 2.45) is 0 Å². The normalized spacial score (nSPS) is 11.0. The van der Waals surface area contributed by atoms with Gasteiger partial charge < -0.3 is 9.97 Å². The zero-order valence-electron chi connectivity index (χ0n) is 13.5. The first-order valence-electron chi connectivity index (χ1n) is 7.62. The Morgan fingerprint density at radius 2 is 2.11 bits per heavy atom. The number of amides is 1. The van der Waals surface area contributed by atoms with E-state index in [0.717, 1.165) is 15.6 Å². The molecule has 0 radical (unpaired) electrons. The van der Waals surface area contributed by atoms with E-state index in [0.29, 0.717) is 0 Å². The van der Waals surface area contributed by atoms with Crippen LogP contribution in [0.4, 0.5) is 5.95 Å². The van der Waals surface area contributed by atoms with Gasteiger partial charge in [-0.25, -0.2) is 9.78 Å². The van der Waals surface area contributed by atoms with E-state index >= 15 is 0 Å². The molecule has 136 valence electrons. The van der Waals surface area contributed by atoms with Crippen LogP contribution in [-0.2, 0) is 6.54 Å². The molecule has 0 saturated carbocycles. The molecule has 0 saturated heterocycles. The highest BCUT2D eigenvalue weighted by Crippen LogP contribution is 2.08. The highest BCUT2D eigenvalue weighted by Gasteiger charge is 2.17. The quantitative estimate of drug-likeness (QED) is 0.383. The number of nitrogens with zero attached hydrogens (tertiary/aromatic N) is 3. The maximum absolute atomic E-state index is 12.6. The SMILES string of the molecule is O=C(Nc1nc2nc[nH]c2c(=O)[nH]1)c1c[nH]c(=O)n(Cc2cccs2)c1=O. The lowest BCUT2D eigenvalue weighted by Crippen LogP contribution is -2.39. The van der Waals surface area contributed by atoms with Gasteiger partial charge in [0.15, 0.2) is 11.2 Å². The number of H-pyrrole nitrogens is 3. The van der Waals surface area contributed by atoms with Crippen molar-refractivity contribution in [3.05, 3.63) is 71.7 Å². The van der Waals surface area contributed by atoms with Crippen LogP contribution in [0.3, 0.4) is 0 Å². The Bertz CT molecular complexity index is 1310. The molecule has 4 aromatic rings. The number of rotatable bonds is 4. The standard InChI is InChI=1S/C15H11N7O4S/c23-11(20-14-19-10-9(12(24)21-14)17-6-18-10)8-4-16-15(26)22(13(8)25)5-7-2-1-3-27-7/h1-4,6H,5H2,(H,16,26)(H3,17,18,19,20,21,23,24). The van der Waals surface area contributed by atoms with E-state index in [4.69, 9.17) is 0 Å². The fraction of sp³-hybridized carbons (Fsp3) is 0.0667. The molecule has 4 rings (SSSR count). The number of carbonyl (C=O) groups excluding carboxylic acids is 1. The second-order valence-corrected chi connectivity index (χ2v) is 6.48. The van der Waals surface area contributed by atoms with Crippen LogP contribution < -0.4 is 22.1 Å². The molecule has 27 heavy (non-hydrogen) atoms. The number of hydrogen-bond donors (Lipinski definition) is 4. The summed E-state index contributed by atoms with van der Waals surface area (Å²) < 4.78 is 0.924. The molecule has 4 aromatic heterocycles. The van der Waals surface area contributed by atoms with Gasteiger partial charge in [0, 0.05) is 11.1 Å². The molecule has 0 aromatic carbocycles. The zero-order chi connectivity index (χ0) is 19.0. The van der Waals surface area contributed by atoms with Crippen LogP contribution in [0.15, 0.2) is 44.4 Å². The highest BCUT2D eigenvalue weighted by atomic mass is 32.1.